The predicted octanol–water partition coefficient (Wildman–Crippen LogP) is 9.26. The Morgan fingerprint density at radius 3 is 2.54 bits per heavy atom. The number of unbranched alkanes of at least 4 members (excludes halogenated alkanes) is 2. The molecule has 2 heteroatoms. The highest BCUT2D eigenvalue weighted by molar-refractivity contribution is 7.92. The fourth-order valence-corrected chi connectivity index (χ4v) is 11.8. The van der Waals surface area contributed by atoms with Crippen LogP contribution in [0.3, 0.4) is 0 Å². The zero-order valence-corrected chi connectivity index (χ0v) is 24.2. The summed E-state index contributed by atoms with van der Waals surface area (Å²) in [6.45, 7) is 10.1. The van der Waals surface area contributed by atoms with E-state index in [1.807, 2.05) is 0 Å². The standard InChI is InChI=1S/C33H54OS/c1-5-25-23-28-30-18-15-26(11-7-6-10-22-35(34)27-16-13-24(2)14-17-27)32(30,3)21-19-31(28)33(4)20-9-8-12-29(25)33/h13-14,16,25-31H,5-12,15,17-23H2,1-4H3/t25-,26?,27?,28?,29?,30?,31-,32?,33?,35?/m0/s1. The van der Waals surface area contributed by atoms with Crippen molar-refractivity contribution in [2.75, 3.05) is 5.75 Å². The highest BCUT2D eigenvalue weighted by Gasteiger charge is 2.60. The Hall–Kier alpha value is -0.210. The Morgan fingerprint density at radius 1 is 0.943 bits per heavy atom. The summed E-state index contributed by atoms with van der Waals surface area (Å²) in [5, 5.41) is 0.261. The average molecular weight is 499 g/mol. The molecule has 5 rings (SSSR count). The number of hydrogen-bond donors (Lipinski definition) is 0. The first-order valence-corrected chi connectivity index (χ1v) is 17.0. The van der Waals surface area contributed by atoms with Gasteiger partial charge in [-0.05, 0) is 135 Å². The molecule has 10 atom stereocenters. The molecule has 0 N–H and O–H groups in total. The largest absolute Gasteiger partial charge is 0.616 e. The molecular formula is C33H54OS. The second-order valence-electron chi connectivity index (χ2n) is 14.0. The zero-order chi connectivity index (χ0) is 24.6. The maximum Gasteiger partial charge on any atom is 0.137 e. The minimum absolute atomic E-state index is 0.261. The number of fused-ring (bicyclic) bond motifs is 5. The lowest BCUT2D eigenvalue weighted by Crippen LogP contribution is -2.55. The minimum Gasteiger partial charge on any atom is -0.616 e. The Kier molecular flexibility index (Phi) is 8.21. The van der Waals surface area contributed by atoms with Crippen molar-refractivity contribution in [2.24, 2.45) is 46.3 Å². The molecule has 35 heavy (non-hydrogen) atoms. The van der Waals surface area contributed by atoms with Crippen LogP contribution in [0.25, 0.3) is 0 Å². The van der Waals surface area contributed by atoms with Crippen LogP contribution in [0.15, 0.2) is 23.8 Å². The third kappa shape index (κ3) is 4.98. The first-order chi connectivity index (χ1) is 16.9. The zero-order valence-electron chi connectivity index (χ0n) is 23.4. The normalized spacial score (nSPS) is 45.9. The predicted molar refractivity (Wildman–Crippen MR) is 152 cm³/mol. The molecule has 0 aromatic rings. The molecule has 0 bridgehead atoms. The van der Waals surface area contributed by atoms with Gasteiger partial charge >= 0.3 is 0 Å². The summed E-state index contributed by atoms with van der Waals surface area (Å²) in [6.07, 6.45) is 27.8. The second kappa shape index (κ2) is 10.9. The molecule has 0 aromatic heterocycles. The quantitative estimate of drug-likeness (QED) is 0.241. The van der Waals surface area contributed by atoms with Gasteiger partial charge in [0.1, 0.15) is 11.0 Å². The van der Waals surface area contributed by atoms with Crippen molar-refractivity contribution >= 4 is 11.2 Å². The summed E-state index contributed by atoms with van der Waals surface area (Å²) < 4.78 is 12.7. The van der Waals surface area contributed by atoms with Gasteiger partial charge in [0, 0.05) is 6.42 Å². The van der Waals surface area contributed by atoms with E-state index in [9.17, 15) is 4.55 Å². The summed E-state index contributed by atoms with van der Waals surface area (Å²) in [4.78, 5) is 0. The van der Waals surface area contributed by atoms with Crippen molar-refractivity contribution in [3.63, 3.8) is 0 Å². The van der Waals surface area contributed by atoms with Crippen molar-refractivity contribution in [3.05, 3.63) is 23.8 Å². The molecule has 5 aliphatic carbocycles. The molecule has 1 nitrogen and oxygen atoms in total. The summed E-state index contributed by atoms with van der Waals surface area (Å²) in [5.74, 6) is 6.92. The first kappa shape index (κ1) is 26.4. The third-order valence-corrected chi connectivity index (χ3v) is 14.2. The van der Waals surface area contributed by atoms with E-state index in [2.05, 4.69) is 45.9 Å². The molecule has 0 aromatic carbocycles. The Labute approximate surface area is 220 Å². The molecule has 0 heterocycles. The van der Waals surface area contributed by atoms with Gasteiger partial charge in [-0.1, -0.05) is 64.2 Å². The van der Waals surface area contributed by atoms with E-state index in [-0.39, 0.29) is 5.25 Å². The van der Waals surface area contributed by atoms with Crippen LogP contribution >= 0.6 is 0 Å². The average Bonchev–Trinajstić information content (AvgIpc) is 3.19. The fourth-order valence-electron chi connectivity index (χ4n) is 10.5. The highest BCUT2D eigenvalue weighted by atomic mass is 32.2. The van der Waals surface area contributed by atoms with Gasteiger partial charge in [0.15, 0.2) is 0 Å². The molecule has 0 radical (unpaired) electrons. The Morgan fingerprint density at radius 2 is 1.77 bits per heavy atom. The monoisotopic (exact) mass is 498 g/mol. The van der Waals surface area contributed by atoms with E-state index in [1.54, 1.807) is 6.42 Å². The van der Waals surface area contributed by atoms with E-state index < -0.39 is 11.2 Å². The van der Waals surface area contributed by atoms with Crippen molar-refractivity contribution < 1.29 is 4.55 Å². The summed E-state index contributed by atoms with van der Waals surface area (Å²) >= 11 is -0.690. The van der Waals surface area contributed by atoms with Crippen LogP contribution < -0.4 is 0 Å². The maximum atomic E-state index is 12.7. The highest BCUT2D eigenvalue weighted by Crippen LogP contribution is 2.69. The second-order valence-corrected chi connectivity index (χ2v) is 15.7. The maximum absolute atomic E-state index is 12.7. The molecule has 0 saturated heterocycles. The van der Waals surface area contributed by atoms with Crippen LogP contribution in [0.1, 0.15) is 124 Å². The van der Waals surface area contributed by atoms with E-state index >= 15 is 0 Å². The molecule has 0 aliphatic heterocycles. The van der Waals surface area contributed by atoms with Crippen LogP contribution in [-0.4, -0.2) is 15.6 Å². The lowest BCUT2D eigenvalue weighted by molar-refractivity contribution is -0.135. The van der Waals surface area contributed by atoms with Gasteiger partial charge in [0.25, 0.3) is 0 Å². The van der Waals surface area contributed by atoms with Crippen LogP contribution in [0.4, 0.5) is 0 Å². The first-order valence-electron chi connectivity index (χ1n) is 15.6. The molecule has 5 aliphatic rings. The topological polar surface area (TPSA) is 23.1 Å². The Balaban J connectivity index is 1.13. The molecule has 4 saturated carbocycles. The van der Waals surface area contributed by atoms with Crippen LogP contribution in [0.5, 0.6) is 0 Å². The molecule has 0 spiro atoms. The van der Waals surface area contributed by atoms with E-state index in [1.165, 1.54) is 82.6 Å². The Bertz CT molecular complexity index is 786. The third-order valence-electron chi connectivity index (χ3n) is 12.5. The molecular weight excluding hydrogens is 444 g/mol. The van der Waals surface area contributed by atoms with Crippen LogP contribution in [0.2, 0.25) is 0 Å². The van der Waals surface area contributed by atoms with Gasteiger partial charge in [-0.15, -0.1) is 0 Å². The van der Waals surface area contributed by atoms with Gasteiger partial charge < -0.3 is 4.55 Å². The van der Waals surface area contributed by atoms with Crippen LogP contribution in [-0.2, 0) is 11.2 Å². The minimum atomic E-state index is -0.690. The van der Waals surface area contributed by atoms with Crippen molar-refractivity contribution in [1.29, 1.82) is 0 Å². The molecule has 8 unspecified atom stereocenters. The summed E-state index contributed by atoms with van der Waals surface area (Å²) in [6, 6.07) is 0. The molecule has 198 valence electrons. The fraction of sp³-hybridized carbons (Fsp3) is 0.879. The van der Waals surface area contributed by atoms with Gasteiger partial charge in [0.2, 0.25) is 0 Å². The smallest absolute Gasteiger partial charge is 0.137 e. The van der Waals surface area contributed by atoms with Crippen LogP contribution in [0, 0.1) is 46.3 Å². The SMILES string of the molecule is CC[C@H]1CC2C3CCC(CCCCC[S+]([O-])C4C=CC(C)=CC4)C3(C)CC[C@@H]2C2(C)CCCCC12. The summed E-state index contributed by atoms with van der Waals surface area (Å²) in [7, 11) is 0. The number of allylic oxidation sites excluding steroid dienone is 3. The molecule has 0 amide bonds. The van der Waals surface area contributed by atoms with Gasteiger partial charge in [0.05, 0.1) is 0 Å². The number of rotatable bonds is 8. The van der Waals surface area contributed by atoms with Gasteiger partial charge in [-0.2, -0.15) is 0 Å². The van der Waals surface area contributed by atoms with E-state index in [4.69, 9.17) is 0 Å². The van der Waals surface area contributed by atoms with Crippen molar-refractivity contribution in [3.8, 4) is 0 Å². The van der Waals surface area contributed by atoms with E-state index in [0.717, 1.165) is 54.1 Å². The lowest BCUT2D eigenvalue weighted by atomic mass is 9.42. The summed E-state index contributed by atoms with van der Waals surface area (Å²) in [5.41, 5.74) is 2.58. The van der Waals surface area contributed by atoms with E-state index in [0.29, 0.717) is 10.8 Å². The van der Waals surface area contributed by atoms with Gasteiger partial charge in [-0.3, -0.25) is 0 Å². The lowest BCUT2D eigenvalue weighted by Gasteiger charge is -2.62. The van der Waals surface area contributed by atoms with Gasteiger partial charge in [-0.25, -0.2) is 0 Å². The number of hydrogen-bond acceptors (Lipinski definition) is 1. The van der Waals surface area contributed by atoms with Crippen molar-refractivity contribution in [2.45, 2.75) is 129 Å². The van der Waals surface area contributed by atoms with Crippen molar-refractivity contribution in [1.82, 2.24) is 0 Å². The molecule has 4 fully saturated rings.